The monoisotopic (exact) mass is 318 g/mol. The lowest BCUT2D eigenvalue weighted by molar-refractivity contribution is -0.116. The summed E-state index contributed by atoms with van der Waals surface area (Å²) in [5.41, 5.74) is 1.05. The maximum atomic E-state index is 11.8. The molecule has 0 bridgehead atoms. The van der Waals surface area contributed by atoms with E-state index in [2.05, 4.69) is 35.5 Å². The summed E-state index contributed by atoms with van der Waals surface area (Å²) in [6.45, 7) is 6.30. The van der Waals surface area contributed by atoms with Crippen molar-refractivity contribution in [2.45, 2.75) is 24.7 Å². The zero-order valence-electron chi connectivity index (χ0n) is 13.5. The van der Waals surface area contributed by atoms with Crippen LogP contribution in [-0.2, 0) is 4.79 Å². The molecule has 1 aromatic carbocycles. The van der Waals surface area contributed by atoms with Crippen LogP contribution in [0.4, 0.5) is 0 Å². The molecule has 0 saturated carbocycles. The lowest BCUT2D eigenvalue weighted by atomic mass is 10.0. The summed E-state index contributed by atoms with van der Waals surface area (Å²) in [6.07, 6.45) is 8.15. The lowest BCUT2D eigenvalue weighted by Crippen LogP contribution is -2.39. The van der Waals surface area contributed by atoms with Gasteiger partial charge in [0, 0.05) is 30.6 Å². The minimum atomic E-state index is -0.0148. The SMILES string of the molecule is CSc1ccc(/C=C/C(=O)NCCN2CCCC(C)C2)cc1. The summed E-state index contributed by atoms with van der Waals surface area (Å²) in [6, 6.07) is 8.20. The summed E-state index contributed by atoms with van der Waals surface area (Å²) in [5.74, 6) is 0.771. The van der Waals surface area contributed by atoms with Gasteiger partial charge < -0.3 is 10.2 Å². The smallest absolute Gasteiger partial charge is 0.244 e. The summed E-state index contributed by atoms with van der Waals surface area (Å²) < 4.78 is 0. The minimum absolute atomic E-state index is 0.0148. The van der Waals surface area contributed by atoms with Crippen LogP contribution in [0.25, 0.3) is 6.08 Å². The molecule has 1 fully saturated rings. The topological polar surface area (TPSA) is 32.3 Å². The first-order chi connectivity index (χ1) is 10.7. The first-order valence-corrected chi connectivity index (χ1v) is 9.22. The fourth-order valence-corrected chi connectivity index (χ4v) is 3.18. The van der Waals surface area contributed by atoms with E-state index >= 15 is 0 Å². The van der Waals surface area contributed by atoms with Crippen molar-refractivity contribution in [2.75, 3.05) is 32.4 Å². The number of carbonyl (C=O) groups is 1. The Morgan fingerprint density at radius 3 is 2.86 bits per heavy atom. The molecule has 1 N–H and O–H groups in total. The third kappa shape index (κ3) is 5.85. The van der Waals surface area contributed by atoms with Crippen molar-refractivity contribution < 1.29 is 4.79 Å². The van der Waals surface area contributed by atoms with E-state index in [0.717, 1.165) is 37.7 Å². The number of likely N-dealkylation sites (tertiary alicyclic amines) is 1. The van der Waals surface area contributed by atoms with Crippen molar-refractivity contribution in [2.24, 2.45) is 5.92 Å². The van der Waals surface area contributed by atoms with Crippen molar-refractivity contribution in [3.8, 4) is 0 Å². The Morgan fingerprint density at radius 1 is 1.41 bits per heavy atom. The number of amides is 1. The zero-order valence-corrected chi connectivity index (χ0v) is 14.4. The Morgan fingerprint density at radius 2 is 2.18 bits per heavy atom. The number of nitrogens with zero attached hydrogens (tertiary/aromatic N) is 1. The second kappa shape index (κ2) is 9.01. The van der Waals surface area contributed by atoms with Gasteiger partial charge in [-0.15, -0.1) is 11.8 Å². The third-order valence-corrected chi connectivity index (χ3v) is 4.75. The molecule has 1 aliphatic heterocycles. The van der Waals surface area contributed by atoms with Gasteiger partial charge in [0.2, 0.25) is 5.91 Å². The largest absolute Gasteiger partial charge is 0.351 e. The molecule has 1 unspecified atom stereocenters. The van der Waals surface area contributed by atoms with Gasteiger partial charge in [0.25, 0.3) is 0 Å². The van der Waals surface area contributed by atoms with Gasteiger partial charge in [0.15, 0.2) is 0 Å². The number of benzene rings is 1. The van der Waals surface area contributed by atoms with Gasteiger partial charge in [-0.25, -0.2) is 0 Å². The molecule has 4 heteroatoms. The molecule has 1 aromatic rings. The molecule has 1 saturated heterocycles. The van der Waals surface area contributed by atoms with Crippen LogP contribution in [-0.4, -0.2) is 43.2 Å². The van der Waals surface area contributed by atoms with Crippen molar-refractivity contribution in [1.82, 2.24) is 10.2 Å². The molecule has 1 atom stereocenters. The highest BCUT2D eigenvalue weighted by molar-refractivity contribution is 7.98. The maximum Gasteiger partial charge on any atom is 0.244 e. The van der Waals surface area contributed by atoms with E-state index in [0.29, 0.717) is 0 Å². The van der Waals surface area contributed by atoms with Crippen molar-refractivity contribution >= 4 is 23.7 Å². The molecular formula is C18H26N2OS. The standard InChI is InChI=1S/C18H26N2OS/c1-15-4-3-12-20(14-15)13-11-19-18(21)10-7-16-5-8-17(22-2)9-6-16/h5-10,15H,3-4,11-14H2,1-2H3,(H,19,21)/b10-7+. The van der Waals surface area contributed by atoms with Crippen LogP contribution in [0.2, 0.25) is 0 Å². The molecule has 1 amide bonds. The number of hydrogen-bond donors (Lipinski definition) is 1. The second-order valence-corrected chi connectivity index (χ2v) is 6.83. The van der Waals surface area contributed by atoms with E-state index in [-0.39, 0.29) is 5.91 Å². The Hall–Kier alpha value is -1.26. The van der Waals surface area contributed by atoms with Crippen LogP contribution in [0.15, 0.2) is 35.2 Å². The van der Waals surface area contributed by atoms with Crippen LogP contribution in [0.1, 0.15) is 25.3 Å². The summed E-state index contributed by atoms with van der Waals surface area (Å²) in [5, 5.41) is 2.97. The highest BCUT2D eigenvalue weighted by Gasteiger charge is 2.15. The van der Waals surface area contributed by atoms with E-state index in [1.807, 2.05) is 18.2 Å². The average molecular weight is 318 g/mol. The van der Waals surface area contributed by atoms with Gasteiger partial charge >= 0.3 is 0 Å². The van der Waals surface area contributed by atoms with E-state index in [4.69, 9.17) is 0 Å². The Bertz CT molecular complexity index is 498. The molecule has 2 rings (SSSR count). The second-order valence-electron chi connectivity index (χ2n) is 5.95. The lowest BCUT2D eigenvalue weighted by Gasteiger charge is -2.30. The van der Waals surface area contributed by atoms with Crippen LogP contribution in [0.5, 0.6) is 0 Å². The van der Waals surface area contributed by atoms with Crippen molar-refractivity contribution in [3.05, 3.63) is 35.9 Å². The quantitative estimate of drug-likeness (QED) is 0.645. The molecule has 22 heavy (non-hydrogen) atoms. The predicted molar refractivity (Wildman–Crippen MR) is 95.1 cm³/mol. The Balaban J connectivity index is 1.69. The number of hydrogen-bond acceptors (Lipinski definition) is 3. The highest BCUT2D eigenvalue weighted by Crippen LogP contribution is 2.15. The van der Waals surface area contributed by atoms with E-state index in [1.165, 1.54) is 17.7 Å². The molecule has 120 valence electrons. The molecule has 0 spiro atoms. The summed E-state index contributed by atoms with van der Waals surface area (Å²) in [4.78, 5) is 15.5. The summed E-state index contributed by atoms with van der Waals surface area (Å²) in [7, 11) is 0. The van der Waals surface area contributed by atoms with E-state index in [9.17, 15) is 4.79 Å². The van der Waals surface area contributed by atoms with Gasteiger partial charge in [-0.05, 0) is 55.3 Å². The van der Waals surface area contributed by atoms with Crippen LogP contribution < -0.4 is 5.32 Å². The third-order valence-electron chi connectivity index (χ3n) is 4.01. The first kappa shape index (κ1) is 17.1. The van der Waals surface area contributed by atoms with Crippen LogP contribution >= 0.6 is 11.8 Å². The number of piperidine rings is 1. The maximum absolute atomic E-state index is 11.8. The first-order valence-electron chi connectivity index (χ1n) is 7.99. The van der Waals surface area contributed by atoms with E-state index < -0.39 is 0 Å². The molecule has 3 nitrogen and oxygen atoms in total. The molecule has 0 aliphatic carbocycles. The van der Waals surface area contributed by atoms with Crippen LogP contribution in [0.3, 0.4) is 0 Å². The van der Waals surface area contributed by atoms with Crippen molar-refractivity contribution in [3.63, 3.8) is 0 Å². The molecule has 0 aromatic heterocycles. The Labute approximate surface area is 138 Å². The number of nitrogens with one attached hydrogen (secondary N) is 1. The van der Waals surface area contributed by atoms with Gasteiger partial charge in [-0.1, -0.05) is 19.1 Å². The fourth-order valence-electron chi connectivity index (χ4n) is 2.77. The van der Waals surface area contributed by atoms with Crippen LogP contribution in [0, 0.1) is 5.92 Å². The molecule has 0 radical (unpaired) electrons. The zero-order chi connectivity index (χ0) is 15.8. The predicted octanol–water partition coefficient (Wildman–Crippen LogP) is 3.27. The van der Waals surface area contributed by atoms with Gasteiger partial charge in [0.05, 0.1) is 0 Å². The molecule has 1 heterocycles. The highest BCUT2D eigenvalue weighted by atomic mass is 32.2. The average Bonchev–Trinajstić information content (AvgIpc) is 2.53. The summed E-state index contributed by atoms with van der Waals surface area (Å²) >= 11 is 1.72. The number of thioether (sulfide) groups is 1. The van der Waals surface area contributed by atoms with Gasteiger partial charge in [-0.2, -0.15) is 0 Å². The van der Waals surface area contributed by atoms with Crippen molar-refractivity contribution in [1.29, 1.82) is 0 Å². The van der Waals surface area contributed by atoms with E-state index in [1.54, 1.807) is 17.8 Å². The Kier molecular flexibility index (Phi) is 7.00. The molecule has 1 aliphatic rings. The molecular weight excluding hydrogens is 292 g/mol. The normalized spacial score (nSPS) is 19.5. The fraction of sp³-hybridized carbons (Fsp3) is 0.500. The van der Waals surface area contributed by atoms with Gasteiger partial charge in [0.1, 0.15) is 0 Å². The number of carbonyl (C=O) groups excluding carboxylic acids is 1. The number of rotatable bonds is 6. The van der Waals surface area contributed by atoms with Gasteiger partial charge in [-0.3, -0.25) is 4.79 Å². The minimum Gasteiger partial charge on any atom is -0.351 e.